The Balaban J connectivity index is 2.21. The molecule has 0 radical (unpaired) electrons. The molecular weight excluding hydrogens is 264 g/mol. The van der Waals surface area contributed by atoms with Gasteiger partial charge < -0.3 is 10.1 Å². The predicted octanol–water partition coefficient (Wildman–Crippen LogP) is 3.62. The number of amides is 1. The maximum absolute atomic E-state index is 13.1. The van der Waals surface area contributed by atoms with E-state index in [1.807, 2.05) is 6.92 Å². The predicted molar refractivity (Wildman–Crippen MR) is 71.9 cm³/mol. The minimum atomic E-state index is -1.06. The van der Waals surface area contributed by atoms with Crippen molar-refractivity contribution < 1.29 is 18.3 Å². The topological polar surface area (TPSA) is 38.3 Å². The number of nitrogens with one attached hydrogen (secondary N) is 1. The van der Waals surface area contributed by atoms with E-state index in [9.17, 15) is 13.6 Å². The zero-order valence-electron chi connectivity index (χ0n) is 10.8. The second kappa shape index (κ2) is 6.14. The van der Waals surface area contributed by atoms with Crippen molar-refractivity contribution >= 4 is 11.6 Å². The number of ether oxygens (including phenoxy) is 1. The van der Waals surface area contributed by atoms with Crippen LogP contribution in [-0.2, 0) is 0 Å². The van der Waals surface area contributed by atoms with Gasteiger partial charge in [0.1, 0.15) is 5.75 Å². The quantitative estimate of drug-likeness (QED) is 0.927. The fraction of sp³-hybridized carbons (Fsp3) is 0.133. The Hall–Kier alpha value is -2.43. The van der Waals surface area contributed by atoms with Crippen LogP contribution in [0.3, 0.4) is 0 Å². The van der Waals surface area contributed by atoms with Crippen molar-refractivity contribution in [2.75, 3.05) is 11.9 Å². The highest BCUT2D eigenvalue weighted by molar-refractivity contribution is 6.05. The van der Waals surface area contributed by atoms with Crippen molar-refractivity contribution in [1.29, 1.82) is 0 Å². The van der Waals surface area contributed by atoms with Crippen LogP contribution in [0.1, 0.15) is 17.3 Å². The Bertz CT molecular complexity index is 629. The third-order valence-electron chi connectivity index (χ3n) is 2.62. The van der Waals surface area contributed by atoms with Crippen molar-refractivity contribution in [1.82, 2.24) is 0 Å². The molecule has 1 N–H and O–H groups in total. The standard InChI is InChI=1S/C15H13F2NO2/c1-2-20-14-6-4-3-5-13(14)18-15(19)10-7-8-11(16)12(17)9-10/h3-9H,2H2,1H3,(H,18,19). The Morgan fingerprint density at radius 1 is 1.15 bits per heavy atom. The fourth-order valence-corrected chi connectivity index (χ4v) is 1.68. The van der Waals surface area contributed by atoms with Gasteiger partial charge in [0, 0.05) is 5.56 Å². The number of hydrogen-bond acceptors (Lipinski definition) is 2. The molecule has 0 atom stereocenters. The van der Waals surface area contributed by atoms with E-state index < -0.39 is 17.5 Å². The van der Waals surface area contributed by atoms with Crippen LogP contribution in [0.25, 0.3) is 0 Å². The van der Waals surface area contributed by atoms with E-state index in [2.05, 4.69) is 5.32 Å². The normalized spacial score (nSPS) is 10.2. The van der Waals surface area contributed by atoms with Gasteiger partial charge in [0.05, 0.1) is 12.3 Å². The minimum Gasteiger partial charge on any atom is -0.492 e. The third kappa shape index (κ3) is 3.12. The molecule has 104 valence electrons. The summed E-state index contributed by atoms with van der Waals surface area (Å²) in [5.41, 5.74) is 0.513. The highest BCUT2D eigenvalue weighted by Gasteiger charge is 2.12. The molecule has 2 rings (SSSR count). The van der Waals surface area contributed by atoms with Gasteiger partial charge in [-0.1, -0.05) is 12.1 Å². The Morgan fingerprint density at radius 2 is 1.90 bits per heavy atom. The largest absolute Gasteiger partial charge is 0.492 e. The molecule has 0 fully saturated rings. The number of benzene rings is 2. The van der Waals surface area contributed by atoms with Gasteiger partial charge in [-0.25, -0.2) is 8.78 Å². The highest BCUT2D eigenvalue weighted by Crippen LogP contribution is 2.24. The molecule has 0 aromatic heterocycles. The molecule has 0 saturated carbocycles. The third-order valence-corrected chi connectivity index (χ3v) is 2.62. The van der Waals surface area contributed by atoms with Crippen LogP contribution in [-0.4, -0.2) is 12.5 Å². The first kappa shape index (κ1) is 14.0. The summed E-state index contributed by atoms with van der Waals surface area (Å²) in [7, 11) is 0. The lowest BCUT2D eigenvalue weighted by molar-refractivity contribution is 0.102. The summed E-state index contributed by atoms with van der Waals surface area (Å²) in [6.07, 6.45) is 0. The molecule has 0 heterocycles. The molecule has 0 bridgehead atoms. The van der Waals surface area contributed by atoms with Crippen molar-refractivity contribution in [3.63, 3.8) is 0 Å². The average Bonchev–Trinajstić information content (AvgIpc) is 2.44. The van der Waals surface area contributed by atoms with Gasteiger partial charge in [-0.05, 0) is 37.3 Å². The van der Waals surface area contributed by atoms with E-state index in [1.54, 1.807) is 24.3 Å². The van der Waals surface area contributed by atoms with E-state index in [1.165, 1.54) is 6.07 Å². The summed E-state index contributed by atoms with van der Waals surface area (Å²) >= 11 is 0. The lowest BCUT2D eigenvalue weighted by Crippen LogP contribution is -2.13. The maximum atomic E-state index is 13.1. The maximum Gasteiger partial charge on any atom is 0.255 e. The van der Waals surface area contributed by atoms with E-state index in [0.717, 1.165) is 12.1 Å². The molecular formula is C15H13F2NO2. The molecule has 20 heavy (non-hydrogen) atoms. The van der Waals surface area contributed by atoms with Crippen LogP contribution in [0, 0.1) is 11.6 Å². The van der Waals surface area contributed by atoms with Gasteiger partial charge in [-0.15, -0.1) is 0 Å². The van der Waals surface area contributed by atoms with E-state index >= 15 is 0 Å². The molecule has 3 nitrogen and oxygen atoms in total. The number of anilines is 1. The molecule has 0 saturated heterocycles. The molecule has 2 aromatic rings. The van der Waals surface area contributed by atoms with Gasteiger partial charge in [0.25, 0.3) is 5.91 Å². The number of halogens is 2. The lowest BCUT2D eigenvalue weighted by atomic mass is 10.2. The van der Waals surface area contributed by atoms with Crippen molar-refractivity contribution in [3.05, 3.63) is 59.7 Å². The number of para-hydroxylation sites is 2. The molecule has 0 unspecified atom stereocenters. The van der Waals surface area contributed by atoms with Gasteiger partial charge in [-0.2, -0.15) is 0 Å². The molecule has 0 aliphatic heterocycles. The van der Waals surface area contributed by atoms with Crippen molar-refractivity contribution in [2.45, 2.75) is 6.92 Å². The SMILES string of the molecule is CCOc1ccccc1NC(=O)c1ccc(F)c(F)c1. The first-order valence-electron chi connectivity index (χ1n) is 6.10. The van der Waals surface area contributed by atoms with Gasteiger partial charge in [-0.3, -0.25) is 4.79 Å². The number of rotatable bonds is 4. The van der Waals surface area contributed by atoms with Crippen LogP contribution in [0.4, 0.5) is 14.5 Å². The van der Waals surface area contributed by atoms with Crippen LogP contribution in [0.15, 0.2) is 42.5 Å². The summed E-state index contributed by atoms with van der Waals surface area (Å²) < 4.78 is 31.3. The Morgan fingerprint density at radius 3 is 2.60 bits per heavy atom. The fourth-order valence-electron chi connectivity index (χ4n) is 1.68. The van der Waals surface area contributed by atoms with Crippen LogP contribution in [0.5, 0.6) is 5.75 Å². The van der Waals surface area contributed by atoms with Gasteiger partial charge >= 0.3 is 0 Å². The zero-order chi connectivity index (χ0) is 14.5. The van der Waals surface area contributed by atoms with Crippen molar-refractivity contribution in [2.24, 2.45) is 0 Å². The summed E-state index contributed by atoms with van der Waals surface area (Å²) in [5.74, 6) is -2.06. The second-order valence-electron chi connectivity index (χ2n) is 4.01. The monoisotopic (exact) mass is 277 g/mol. The van der Waals surface area contributed by atoms with E-state index in [-0.39, 0.29) is 5.56 Å². The van der Waals surface area contributed by atoms with Crippen LogP contribution in [0.2, 0.25) is 0 Å². The highest BCUT2D eigenvalue weighted by atomic mass is 19.2. The summed E-state index contributed by atoms with van der Waals surface area (Å²) in [6, 6.07) is 9.89. The zero-order valence-corrected chi connectivity index (χ0v) is 10.8. The minimum absolute atomic E-state index is 0.0372. The van der Waals surface area contributed by atoms with E-state index in [4.69, 9.17) is 4.74 Å². The van der Waals surface area contributed by atoms with Crippen LogP contribution >= 0.6 is 0 Å². The average molecular weight is 277 g/mol. The smallest absolute Gasteiger partial charge is 0.255 e. The Labute approximate surface area is 115 Å². The number of carbonyl (C=O) groups is 1. The van der Waals surface area contributed by atoms with Crippen LogP contribution < -0.4 is 10.1 Å². The van der Waals surface area contributed by atoms with E-state index in [0.29, 0.717) is 18.0 Å². The second-order valence-corrected chi connectivity index (χ2v) is 4.01. The number of carbonyl (C=O) groups excluding carboxylic acids is 1. The molecule has 2 aromatic carbocycles. The first-order chi connectivity index (χ1) is 9.61. The molecule has 1 amide bonds. The Kier molecular flexibility index (Phi) is 4.30. The van der Waals surface area contributed by atoms with Gasteiger partial charge in [0.15, 0.2) is 11.6 Å². The molecule has 0 spiro atoms. The first-order valence-corrected chi connectivity index (χ1v) is 6.10. The summed E-state index contributed by atoms with van der Waals surface area (Å²) in [6.45, 7) is 2.28. The molecule has 5 heteroatoms. The lowest BCUT2D eigenvalue weighted by Gasteiger charge is -2.11. The summed E-state index contributed by atoms with van der Waals surface area (Å²) in [5, 5.41) is 2.61. The van der Waals surface area contributed by atoms with Gasteiger partial charge in [0.2, 0.25) is 0 Å². The molecule has 0 aliphatic carbocycles. The number of hydrogen-bond donors (Lipinski definition) is 1. The summed E-state index contributed by atoms with van der Waals surface area (Å²) in [4.78, 5) is 12.0. The van der Waals surface area contributed by atoms with Crippen molar-refractivity contribution in [3.8, 4) is 5.75 Å². The molecule has 0 aliphatic rings.